The summed E-state index contributed by atoms with van der Waals surface area (Å²) in [5.41, 5.74) is 1.62. The van der Waals surface area contributed by atoms with Crippen molar-refractivity contribution >= 4 is 27.3 Å². The quantitative estimate of drug-likeness (QED) is 0.684. The minimum atomic E-state index is -0.337. The monoisotopic (exact) mass is 327 g/mol. The number of nitrogens with zero attached hydrogens (tertiary/aromatic N) is 2. The van der Waals surface area contributed by atoms with E-state index in [1.54, 1.807) is 19.1 Å². The van der Waals surface area contributed by atoms with Gasteiger partial charge in [0.2, 0.25) is 0 Å². The summed E-state index contributed by atoms with van der Waals surface area (Å²) in [5, 5.41) is 14.4. The van der Waals surface area contributed by atoms with Crippen molar-refractivity contribution in [3.63, 3.8) is 0 Å². The van der Waals surface area contributed by atoms with E-state index in [2.05, 4.69) is 40.1 Å². The van der Waals surface area contributed by atoms with Crippen LogP contribution in [0, 0.1) is 17.0 Å². The van der Waals surface area contributed by atoms with Crippen molar-refractivity contribution in [2.24, 2.45) is 0 Å². The molecule has 19 heavy (non-hydrogen) atoms. The maximum atomic E-state index is 11.0. The molecule has 6 heteroatoms. The number of nitrogens with one attached hydrogen (secondary N) is 1. The van der Waals surface area contributed by atoms with Crippen LogP contribution in [0.3, 0.4) is 0 Å². The predicted molar refractivity (Wildman–Crippen MR) is 79.7 cm³/mol. The number of likely N-dealkylation sites (tertiary alicyclic amines) is 1. The highest BCUT2D eigenvalue weighted by Crippen LogP contribution is 2.32. The van der Waals surface area contributed by atoms with E-state index in [-0.39, 0.29) is 10.6 Å². The van der Waals surface area contributed by atoms with Gasteiger partial charge in [0.25, 0.3) is 5.69 Å². The molecule has 2 rings (SSSR count). The third-order valence-electron chi connectivity index (χ3n) is 3.73. The van der Waals surface area contributed by atoms with Crippen LogP contribution in [-0.4, -0.2) is 35.5 Å². The number of rotatable bonds is 3. The van der Waals surface area contributed by atoms with Crippen molar-refractivity contribution in [2.45, 2.75) is 32.4 Å². The van der Waals surface area contributed by atoms with Gasteiger partial charge in [-0.15, -0.1) is 0 Å². The zero-order chi connectivity index (χ0) is 14.2. The lowest BCUT2D eigenvalue weighted by atomic mass is 10.1. The molecular formula is C13H18BrN3O2. The number of anilines is 1. The molecule has 2 unspecified atom stereocenters. The Hall–Kier alpha value is -1.14. The molecule has 104 valence electrons. The first-order chi connectivity index (χ1) is 8.88. The Morgan fingerprint density at radius 2 is 2.21 bits per heavy atom. The van der Waals surface area contributed by atoms with Crippen molar-refractivity contribution in [1.29, 1.82) is 0 Å². The molecule has 1 fully saturated rings. The molecule has 0 spiro atoms. The first kappa shape index (κ1) is 14.3. The van der Waals surface area contributed by atoms with Crippen LogP contribution >= 0.6 is 15.9 Å². The van der Waals surface area contributed by atoms with E-state index in [9.17, 15) is 10.1 Å². The van der Waals surface area contributed by atoms with Crippen LogP contribution in [0.5, 0.6) is 0 Å². The molecule has 1 aliphatic heterocycles. The maximum absolute atomic E-state index is 11.0. The number of hydrogen-bond acceptors (Lipinski definition) is 4. The van der Waals surface area contributed by atoms with Gasteiger partial charge in [-0.1, -0.05) is 0 Å². The van der Waals surface area contributed by atoms with Crippen molar-refractivity contribution in [3.8, 4) is 0 Å². The topological polar surface area (TPSA) is 58.4 Å². The standard InChI is InChI=1S/C13H18BrN3O2/c1-8-4-11(14)12(6-13(8)17(18)19)15-10-5-9(2)16(3)7-10/h4,6,9-10,15H,5,7H2,1-3H3. The smallest absolute Gasteiger partial charge is 0.274 e. The van der Waals surface area contributed by atoms with Gasteiger partial charge in [0.05, 0.1) is 10.6 Å². The van der Waals surface area contributed by atoms with E-state index < -0.39 is 0 Å². The van der Waals surface area contributed by atoms with Gasteiger partial charge < -0.3 is 10.2 Å². The second-order valence-corrected chi connectivity index (χ2v) is 6.10. The maximum Gasteiger partial charge on any atom is 0.274 e. The largest absolute Gasteiger partial charge is 0.380 e. The van der Waals surface area contributed by atoms with E-state index in [4.69, 9.17) is 0 Å². The van der Waals surface area contributed by atoms with Gasteiger partial charge in [0.1, 0.15) is 0 Å². The Balaban J connectivity index is 2.21. The molecule has 1 saturated heterocycles. The molecule has 1 N–H and O–H groups in total. The highest BCUT2D eigenvalue weighted by Gasteiger charge is 2.27. The first-order valence-electron chi connectivity index (χ1n) is 6.29. The van der Waals surface area contributed by atoms with Crippen molar-refractivity contribution in [2.75, 3.05) is 18.9 Å². The molecule has 0 amide bonds. The molecule has 0 bridgehead atoms. The van der Waals surface area contributed by atoms with Crippen molar-refractivity contribution in [1.82, 2.24) is 4.90 Å². The highest BCUT2D eigenvalue weighted by molar-refractivity contribution is 9.10. The Labute approximate surface area is 121 Å². The van der Waals surface area contributed by atoms with Crippen molar-refractivity contribution in [3.05, 3.63) is 32.3 Å². The van der Waals surface area contributed by atoms with E-state index in [1.807, 2.05) is 0 Å². The summed E-state index contributed by atoms with van der Waals surface area (Å²) in [7, 11) is 2.10. The fraction of sp³-hybridized carbons (Fsp3) is 0.538. The zero-order valence-electron chi connectivity index (χ0n) is 11.3. The summed E-state index contributed by atoms with van der Waals surface area (Å²) < 4.78 is 0.873. The second-order valence-electron chi connectivity index (χ2n) is 5.24. The number of nitro benzene ring substituents is 1. The van der Waals surface area contributed by atoms with Crippen LogP contribution in [0.25, 0.3) is 0 Å². The van der Waals surface area contributed by atoms with Crippen LogP contribution in [-0.2, 0) is 0 Å². The van der Waals surface area contributed by atoms with E-state index in [0.29, 0.717) is 17.6 Å². The fourth-order valence-corrected chi connectivity index (χ4v) is 3.06. The number of nitro groups is 1. The first-order valence-corrected chi connectivity index (χ1v) is 7.09. The van der Waals surface area contributed by atoms with Crippen molar-refractivity contribution < 1.29 is 4.92 Å². The third-order valence-corrected chi connectivity index (χ3v) is 4.38. The Kier molecular flexibility index (Phi) is 4.10. The summed E-state index contributed by atoms with van der Waals surface area (Å²) in [6.45, 7) is 4.89. The van der Waals surface area contributed by atoms with Gasteiger partial charge in [-0.2, -0.15) is 0 Å². The fourth-order valence-electron chi connectivity index (χ4n) is 2.49. The lowest BCUT2D eigenvalue weighted by Crippen LogP contribution is -2.25. The molecular weight excluding hydrogens is 310 g/mol. The lowest BCUT2D eigenvalue weighted by molar-refractivity contribution is -0.385. The molecule has 2 atom stereocenters. The minimum Gasteiger partial charge on any atom is -0.380 e. The van der Waals surface area contributed by atoms with Gasteiger partial charge >= 0.3 is 0 Å². The molecule has 1 aliphatic rings. The summed E-state index contributed by atoms with van der Waals surface area (Å²) in [4.78, 5) is 12.9. The minimum absolute atomic E-state index is 0.158. The van der Waals surface area contributed by atoms with Gasteiger partial charge in [0.15, 0.2) is 0 Å². The molecule has 1 heterocycles. The van der Waals surface area contributed by atoms with E-state index in [1.165, 1.54) is 0 Å². The molecule has 1 aromatic carbocycles. The number of halogens is 1. The number of benzene rings is 1. The van der Waals surface area contributed by atoms with Gasteiger partial charge in [0, 0.05) is 34.7 Å². The molecule has 0 aromatic heterocycles. The number of hydrogen-bond donors (Lipinski definition) is 1. The van der Waals surface area contributed by atoms with Crippen LogP contribution in [0.1, 0.15) is 18.9 Å². The zero-order valence-corrected chi connectivity index (χ0v) is 12.9. The average Bonchev–Trinajstić information content (AvgIpc) is 2.61. The van der Waals surface area contributed by atoms with Gasteiger partial charge in [-0.05, 0) is 49.3 Å². The highest BCUT2D eigenvalue weighted by atomic mass is 79.9. The van der Waals surface area contributed by atoms with Crippen LogP contribution < -0.4 is 5.32 Å². The summed E-state index contributed by atoms with van der Waals surface area (Å²) in [6.07, 6.45) is 1.05. The van der Waals surface area contributed by atoms with Crippen LogP contribution in [0.4, 0.5) is 11.4 Å². The normalized spacial score (nSPS) is 23.6. The Morgan fingerprint density at radius 1 is 1.53 bits per heavy atom. The lowest BCUT2D eigenvalue weighted by Gasteiger charge is -2.16. The van der Waals surface area contributed by atoms with Gasteiger partial charge in [-0.3, -0.25) is 10.1 Å². The second kappa shape index (κ2) is 5.46. The third kappa shape index (κ3) is 3.06. The average molecular weight is 328 g/mol. The summed E-state index contributed by atoms with van der Waals surface area (Å²) >= 11 is 3.47. The van der Waals surface area contributed by atoms with Crippen LogP contribution in [0.2, 0.25) is 0 Å². The number of aryl methyl sites for hydroxylation is 1. The molecule has 0 saturated carbocycles. The molecule has 0 radical (unpaired) electrons. The molecule has 1 aromatic rings. The Morgan fingerprint density at radius 3 is 2.74 bits per heavy atom. The summed E-state index contributed by atoms with van der Waals surface area (Å²) in [5.74, 6) is 0. The SMILES string of the molecule is Cc1cc(Br)c(NC2CC(C)N(C)C2)cc1[N+](=O)[O-]. The predicted octanol–water partition coefficient (Wildman–Crippen LogP) is 3.17. The van der Waals surface area contributed by atoms with Gasteiger partial charge in [-0.25, -0.2) is 0 Å². The van der Waals surface area contributed by atoms with Crippen LogP contribution in [0.15, 0.2) is 16.6 Å². The number of likely N-dealkylation sites (N-methyl/N-ethyl adjacent to an activating group) is 1. The van der Waals surface area contributed by atoms with E-state index >= 15 is 0 Å². The van der Waals surface area contributed by atoms with E-state index in [0.717, 1.165) is 23.1 Å². The molecule has 5 nitrogen and oxygen atoms in total. The molecule has 0 aliphatic carbocycles. The summed E-state index contributed by atoms with van der Waals surface area (Å²) in [6, 6.07) is 4.28. The Bertz CT molecular complexity index is 497.